The molecule has 0 aromatic rings. The van der Waals surface area contributed by atoms with Gasteiger partial charge in [0, 0.05) is 6.04 Å². The summed E-state index contributed by atoms with van der Waals surface area (Å²) < 4.78 is 0. The SMILES string of the molecule is O=C(CNCC1CCCCC1)NC1CC1. The van der Waals surface area contributed by atoms with E-state index in [1.165, 1.54) is 44.9 Å². The molecule has 2 saturated carbocycles. The van der Waals surface area contributed by atoms with Gasteiger partial charge in [-0.2, -0.15) is 0 Å². The number of rotatable bonds is 5. The average molecular weight is 210 g/mol. The van der Waals surface area contributed by atoms with Crippen molar-refractivity contribution < 1.29 is 4.79 Å². The molecule has 0 aliphatic heterocycles. The smallest absolute Gasteiger partial charge is 0.234 e. The van der Waals surface area contributed by atoms with Crippen LogP contribution in [0.3, 0.4) is 0 Å². The van der Waals surface area contributed by atoms with Crippen LogP contribution in [0.25, 0.3) is 0 Å². The normalized spacial score (nSPS) is 22.7. The van der Waals surface area contributed by atoms with Crippen LogP contribution in [0.4, 0.5) is 0 Å². The third-order valence-electron chi connectivity index (χ3n) is 3.39. The molecule has 1 amide bonds. The van der Waals surface area contributed by atoms with Crippen molar-refractivity contribution in [2.24, 2.45) is 5.92 Å². The molecule has 2 aliphatic rings. The molecule has 0 radical (unpaired) electrons. The van der Waals surface area contributed by atoms with Crippen molar-refractivity contribution in [3.8, 4) is 0 Å². The van der Waals surface area contributed by atoms with Crippen LogP contribution in [0.2, 0.25) is 0 Å². The first kappa shape index (κ1) is 10.9. The molecule has 2 N–H and O–H groups in total. The minimum absolute atomic E-state index is 0.174. The Hall–Kier alpha value is -0.570. The summed E-state index contributed by atoms with van der Waals surface area (Å²) in [5.74, 6) is 0.987. The Balaban J connectivity index is 1.51. The highest BCUT2D eigenvalue weighted by Crippen LogP contribution is 2.22. The van der Waals surface area contributed by atoms with E-state index in [-0.39, 0.29) is 5.91 Å². The molecule has 3 heteroatoms. The highest BCUT2D eigenvalue weighted by atomic mass is 16.2. The third-order valence-corrected chi connectivity index (χ3v) is 3.39. The van der Waals surface area contributed by atoms with Gasteiger partial charge in [-0.3, -0.25) is 4.79 Å². The fraction of sp³-hybridized carbons (Fsp3) is 0.917. The Labute approximate surface area is 92.0 Å². The van der Waals surface area contributed by atoms with E-state index in [2.05, 4.69) is 10.6 Å². The summed E-state index contributed by atoms with van der Waals surface area (Å²) in [6.45, 7) is 1.53. The summed E-state index contributed by atoms with van der Waals surface area (Å²) in [5, 5.41) is 6.27. The van der Waals surface area contributed by atoms with Crippen molar-refractivity contribution in [2.75, 3.05) is 13.1 Å². The van der Waals surface area contributed by atoms with E-state index in [1.807, 2.05) is 0 Å². The maximum Gasteiger partial charge on any atom is 0.234 e. The highest BCUT2D eigenvalue weighted by Gasteiger charge is 2.22. The zero-order valence-corrected chi connectivity index (χ0v) is 9.43. The van der Waals surface area contributed by atoms with Crippen LogP contribution in [0.1, 0.15) is 44.9 Å². The summed E-state index contributed by atoms with van der Waals surface area (Å²) in [6.07, 6.45) is 9.19. The van der Waals surface area contributed by atoms with Crippen LogP contribution >= 0.6 is 0 Å². The summed E-state index contributed by atoms with van der Waals surface area (Å²) >= 11 is 0. The van der Waals surface area contributed by atoms with Crippen LogP contribution in [0.5, 0.6) is 0 Å². The Morgan fingerprint density at radius 3 is 2.47 bits per heavy atom. The lowest BCUT2D eigenvalue weighted by Gasteiger charge is -2.21. The minimum Gasteiger partial charge on any atom is -0.352 e. The van der Waals surface area contributed by atoms with Crippen LogP contribution < -0.4 is 10.6 Å². The summed E-state index contributed by atoms with van der Waals surface area (Å²) in [4.78, 5) is 11.4. The molecule has 86 valence electrons. The lowest BCUT2D eigenvalue weighted by molar-refractivity contribution is -0.120. The van der Waals surface area contributed by atoms with Gasteiger partial charge in [-0.05, 0) is 38.1 Å². The summed E-state index contributed by atoms with van der Waals surface area (Å²) in [6, 6.07) is 0.494. The van der Waals surface area contributed by atoms with E-state index in [0.29, 0.717) is 12.6 Å². The van der Waals surface area contributed by atoms with Gasteiger partial charge in [0.25, 0.3) is 0 Å². The minimum atomic E-state index is 0.174. The van der Waals surface area contributed by atoms with Crippen LogP contribution in [-0.2, 0) is 4.79 Å². The van der Waals surface area contributed by atoms with Crippen molar-refractivity contribution >= 4 is 5.91 Å². The molecule has 0 bridgehead atoms. The second-order valence-electron chi connectivity index (χ2n) is 4.98. The van der Waals surface area contributed by atoms with Crippen LogP contribution in [0.15, 0.2) is 0 Å². The monoisotopic (exact) mass is 210 g/mol. The van der Waals surface area contributed by atoms with Gasteiger partial charge in [0.2, 0.25) is 5.91 Å². The molecular weight excluding hydrogens is 188 g/mol. The predicted molar refractivity (Wildman–Crippen MR) is 60.6 cm³/mol. The van der Waals surface area contributed by atoms with E-state index >= 15 is 0 Å². The van der Waals surface area contributed by atoms with E-state index in [1.54, 1.807) is 0 Å². The number of amides is 1. The molecule has 2 rings (SSSR count). The molecule has 2 fully saturated rings. The van der Waals surface area contributed by atoms with E-state index < -0.39 is 0 Å². The van der Waals surface area contributed by atoms with Gasteiger partial charge in [0.15, 0.2) is 0 Å². The largest absolute Gasteiger partial charge is 0.352 e. The highest BCUT2D eigenvalue weighted by molar-refractivity contribution is 5.78. The number of carbonyl (C=O) groups excluding carboxylic acids is 1. The Morgan fingerprint density at radius 1 is 1.07 bits per heavy atom. The molecule has 2 aliphatic carbocycles. The van der Waals surface area contributed by atoms with Crippen molar-refractivity contribution in [1.29, 1.82) is 0 Å². The predicted octanol–water partition coefficient (Wildman–Crippen LogP) is 1.43. The molecule has 3 nitrogen and oxygen atoms in total. The molecular formula is C12H22N2O. The first-order valence-corrected chi connectivity index (χ1v) is 6.34. The lowest BCUT2D eigenvalue weighted by Crippen LogP contribution is -2.37. The maximum absolute atomic E-state index is 11.4. The molecule has 0 atom stereocenters. The second-order valence-corrected chi connectivity index (χ2v) is 4.98. The fourth-order valence-electron chi connectivity index (χ4n) is 2.29. The number of hydrogen-bond donors (Lipinski definition) is 2. The molecule has 0 aromatic carbocycles. The van der Waals surface area contributed by atoms with Gasteiger partial charge in [-0.1, -0.05) is 19.3 Å². The number of carbonyl (C=O) groups is 1. The Kier molecular flexibility index (Phi) is 4.01. The number of nitrogens with one attached hydrogen (secondary N) is 2. The zero-order chi connectivity index (χ0) is 10.5. The van der Waals surface area contributed by atoms with Crippen LogP contribution in [-0.4, -0.2) is 25.0 Å². The van der Waals surface area contributed by atoms with Gasteiger partial charge in [-0.15, -0.1) is 0 Å². The molecule has 15 heavy (non-hydrogen) atoms. The first-order valence-electron chi connectivity index (χ1n) is 6.34. The molecule has 0 unspecified atom stereocenters. The Morgan fingerprint density at radius 2 is 1.80 bits per heavy atom. The van der Waals surface area contributed by atoms with Gasteiger partial charge < -0.3 is 10.6 Å². The summed E-state index contributed by atoms with van der Waals surface area (Å²) in [7, 11) is 0. The van der Waals surface area contributed by atoms with Gasteiger partial charge >= 0.3 is 0 Å². The standard InChI is InChI=1S/C12H22N2O/c15-12(14-11-6-7-11)9-13-8-10-4-2-1-3-5-10/h10-11,13H,1-9H2,(H,14,15). The molecule has 0 aromatic heterocycles. The van der Waals surface area contributed by atoms with Crippen LogP contribution in [0, 0.1) is 5.92 Å². The zero-order valence-electron chi connectivity index (χ0n) is 9.43. The van der Waals surface area contributed by atoms with Crippen molar-refractivity contribution in [3.63, 3.8) is 0 Å². The quantitative estimate of drug-likeness (QED) is 0.721. The maximum atomic E-state index is 11.4. The second kappa shape index (κ2) is 5.50. The first-order chi connectivity index (χ1) is 7.34. The van der Waals surface area contributed by atoms with Gasteiger partial charge in [0.05, 0.1) is 6.54 Å². The average Bonchev–Trinajstić information content (AvgIpc) is 3.03. The molecule has 0 spiro atoms. The van der Waals surface area contributed by atoms with E-state index in [9.17, 15) is 4.79 Å². The van der Waals surface area contributed by atoms with E-state index in [0.717, 1.165) is 12.5 Å². The van der Waals surface area contributed by atoms with Gasteiger partial charge in [0.1, 0.15) is 0 Å². The lowest BCUT2D eigenvalue weighted by atomic mass is 9.89. The Bertz CT molecular complexity index is 208. The van der Waals surface area contributed by atoms with E-state index in [4.69, 9.17) is 0 Å². The van der Waals surface area contributed by atoms with Crippen molar-refractivity contribution in [2.45, 2.75) is 51.0 Å². The number of hydrogen-bond acceptors (Lipinski definition) is 2. The van der Waals surface area contributed by atoms with Crippen molar-refractivity contribution in [3.05, 3.63) is 0 Å². The molecule has 0 saturated heterocycles. The van der Waals surface area contributed by atoms with Gasteiger partial charge in [-0.25, -0.2) is 0 Å². The fourth-order valence-corrected chi connectivity index (χ4v) is 2.29. The van der Waals surface area contributed by atoms with Crippen molar-refractivity contribution in [1.82, 2.24) is 10.6 Å². The third kappa shape index (κ3) is 4.20. The molecule has 0 heterocycles. The summed E-state index contributed by atoms with van der Waals surface area (Å²) in [5.41, 5.74) is 0. The topological polar surface area (TPSA) is 41.1 Å².